The summed E-state index contributed by atoms with van der Waals surface area (Å²) in [5.74, 6) is -2.18. The van der Waals surface area contributed by atoms with Crippen molar-refractivity contribution in [3.05, 3.63) is 62.2 Å². The number of nitro groups is 1. The highest BCUT2D eigenvalue weighted by Crippen LogP contribution is 2.36. The van der Waals surface area contributed by atoms with E-state index in [1.54, 1.807) is 0 Å². The highest BCUT2D eigenvalue weighted by atomic mass is 35.5. The molecule has 0 aliphatic carbocycles. The van der Waals surface area contributed by atoms with Gasteiger partial charge in [-0.3, -0.25) is 24.6 Å². The van der Waals surface area contributed by atoms with Gasteiger partial charge in [0.2, 0.25) is 11.5 Å². The molecule has 1 aromatic heterocycles. The maximum absolute atomic E-state index is 13.0. The Balaban J connectivity index is 1.58. The van der Waals surface area contributed by atoms with Crippen LogP contribution in [0.1, 0.15) is 21.9 Å². The third-order valence-corrected chi connectivity index (χ3v) is 5.81. The molecule has 2 saturated heterocycles. The number of rotatable bonds is 8. The van der Waals surface area contributed by atoms with Crippen molar-refractivity contribution in [2.24, 2.45) is 0 Å². The normalized spacial score (nSPS) is 16.5. The minimum absolute atomic E-state index is 0.00421. The lowest BCUT2D eigenvalue weighted by molar-refractivity contribution is -0.385. The number of imide groups is 1. The summed E-state index contributed by atoms with van der Waals surface area (Å²) in [5.41, 5.74) is -0.759. The summed E-state index contributed by atoms with van der Waals surface area (Å²) in [5, 5.41) is 14.0. The highest BCUT2D eigenvalue weighted by molar-refractivity contribution is 6.31. The predicted octanol–water partition coefficient (Wildman–Crippen LogP) is 1.96. The van der Waals surface area contributed by atoms with Gasteiger partial charge in [0.05, 0.1) is 31.8 Å². The molecule has 0 radical (unpaired) electrons. The van der Waals surface area contributed by atoms with Crippen LogP contribution in [0.4, 0.5) is 10.5 Å². The number of urea groups is 1. The van der Waals surface area contributed by atoms with Gasteiger partial charge in [-0.2, -0.15) is 0 Å². The summed E-state index contributed by atoms with van der Waals surface area (Å²) in [6.07, 6.45) is 1.16. The molecule has 0 bridgehead atoms. The minimum Gasteiger partial charge on any atom is -0.476 e. The molecule has 0 saturated carbocycles. The van der Waals surface area contributed by atoms with E-state index in [-0.39, 0.29) is 40.1 Å². The van der Waals surface area contributed by atoms with Gasteiger partial charge >= 0.3 is 17.7 Å². The largest absolute Gasteiger partial charge is 0.476 e. The first-order valence-corrected chi connectivity index (χ1v) is 11.5. The zero-order chi connectivity index (χ0) is 27.4. The van der Waals surface area contributed by atoms with Crippen molar-refractivity contribution < 1.29 is 42.7 Å². The second-order valence-electron chi connectivity index (χ2n) is 8.02. The molecule has 4 rings (SSSR count). The van der Waals surface area contributed by atoms with Gasteiger partial charge in [-0.15, -0.1) is 0 Å². The number of benzene rings is 1. The number of halogens is 1. The molecule has 2 aliphatic rings. The van der Waals surface area contributed by atoms with E-state index in [1.807, 2.05) is 0 Å². The third-order valence-electron chi connectivity index (χ3n) is 5.59. The first kappa shape index (κ1) is 26.6. The molecular formula is C23H21ClN4O10. The Morgan fingerprint density at radius 2 is 1.97 bits per heavy atom. The Bertz CT molecular complexity index is 1330. The second-order valence-corrected chi connectivity index (χ2v) is 8.46. The summed E-state index contributed by atoms with van der Waals surface area (Å²) < 4.78 is 20.6. The number of hydrogen-bond donors (Lipinski definition) is 1. The molecule has 0 atom stereocenters. The van der Waals surface area contributed by atoms with E-state index < -0.39 is 41.0 Å². The smallest absolute Gasteiger partial charge is 0.373 e. The molecular weight excluding hydrogens is 528 g/mol. The standard InChI is InChI=1S/C23H21ClN4O10/c1-35-22(31)18-3-2-15(38-18)11-27-21(30)16(25-23(27)32)9-13-8-14(24)10-17(28(33)34)20(13)37-12-19(29)26-4-6-36-7-5-26/h2-3,8-10H,4-7,11-12H2,1H3,(H,25,32)/b16-9-. The summed E-state index contributed by atoms with van der Waals surface area (Å²) in [4.78, 5) is 62.9. The number of esters is 1. The van der Waals surface area contributed by atoms with Gasteiger partial charge in [0.15, 0.2) is 6.61 Å². The van der Waals surface area contributed by atoms with Crippen molar-refractivity contribution in [1.82, 2.24) is 15.1 Å². The minimum atomic E-state index is -0.793. The molecule has 1 aromatic carbocycles. The average molecular weight is 549 g/mol. The maximum atomic E-state index is 13.0. The molecule has 3 heterocycles. The highest BCUT2D eigenvalue weighted by Gasteiger charge is 2.35. The molecule has 200 valence electrons. The number of furan rings is 1. The molecule has 2 fully saturated rings. The molecule has 2 aromatic rings. The van der Waals surface area contributed by atoms with Crippen LogP contribution >= 0.6 is 11.6 Å². The van der Waals surface area contributed by atoms with Crippen molar-refractivity contribution in [3.8, 4) is 5.75 Å². The van der Waals surface area contributed by atoms with Crippen LogP contribution in [-0.4, -0.2) is 78.6 Å². The van der Waals surface area contributed by atoms with Gasteiger partial charge in [-0.1, -0.05) is 11.6 Å². The number of carbonyl (C=O) groups is 4. The summed E-state index contributed by atoms with van der Waals surface area (Å²) in [6, 6.07) is 4.30. The lowest BCUT2D eigenvalue weighted by Crippen LogP contribution is -2.43. The topological polar surface area (TPSA) is 171 Å². The third kappa shape index (κ3) is 5.76. The zero-order valence-corrected chi connectivity index (χ0v) is 20.7. The Hall–Kier alpha value is -4.43. The monoisotopic (exact) mass is 548 g/mol. The van der Waals surface area contributed by atoms with E-state index in [1.165, 1.54) is 30.2 Å². The van der Waals surface area contributed by atoms with E-state index in [2.05, 4.69) is 10.1 Å². The van der Waals surface area contributed by atoms with Crippen LogP contribution in [0.2, 0.25) is 5.02 Å². The fourth-order valence-electron chi connectivity index (χ4n) is 3.74. The number of hydrogen-bond acceptors (Lipinski definition) is 10. The molecule has 2 aliphatic heterocycles. The van der Waals surface area contributed by atoms with E-state index in [9.17, 15) is 29.3 Å². The molecule has 1 N–H and O–H groups in total. The van der Waals surface area contributed by atoms with Crippen LogP contribution in [0.25, 0.3) is 6.08 Å². The Kier molecular flexibility index (Phi) is 7.93. The van der Waals surface area contributed by atoms with Crippen LogP contribution in [0.3, 0.4) is 0 Å². The number of nitro benzene ring substituents is 1. The van der Waals surface area contributed by atoms with Crippen LogP contribution in [0.15, 0.2) is 34.4 Å². The van der Waals surface area contributed by atoms with Gasteiger partial charge < -0.3 is 28.8 Å². The lowest BCUT2D eigenvalue weighted by Gasteiger charge is -2.26. The van der Waals surface area contributed by atoms with Gasteiger partial charge in [-0.05, 0) is 24.3 Å². The molecule has 0 unspecified atom stereocenters. The van der Waals surface area contributed by atoms with Gasteiger partial charge in [0.1, 0.15) is 11.5 Å². The summed E-state index contributed by atoms with van der Waals surface area (Å²) in [6.45, 7) is 0.636. The van der Waals surface area contributed by atoms with Gasteiger partial charge in [-0.25, -0.2) is 9.59 Å². The average Bonchev–Trinajstić information content (AvgIpc) is 3.48. The van der Waals surface area contributed by atoms with Gasteiger partial charge in [0.25, 0.3) is 11.8 Å². The number of amides is 4. The predicted molar refractivity (Wildman–Crippen MR) is 128 cm³/mol. The Labute approximate surface area is 219 Å². The van der Waals surface area contributed by atoms with Crippen LogP contribution in [0.5, 0.6) is 5.75 Å². The fourth-order valence-corrected chi connectivity index (χ4v) is 3.96. The SMILES string of the molecule is COC(=O)c1ccc(CN2C(=O)N/C(=C\c3cc(Cl)cc([N+](=O)[O-])c3OCC(=O)N3CCOCC3)C2=O)o1. The first-order valence-electron chi connectivity index (χ1n) is 11.2. The Morgan fingerprint density at radius 3 is 2.66 bits per heavy atom. The first-order chi connectivity index (χ1) is 18.2. The van der Waals surface area contributed by atoms with E-state index in [4.69, 9.17) is 25.5 Å². The second kappa shape index (κ2) is 11.3. The van der Waals surface area contributed by atoms with Crippen molar-refractivity contribution in [2.75, 3.05) is 40.0 Å². The molecule has 0 spiro atoms. The van der Waals surface area contributed by atoms with Crippen molar-refractivity contribution >= 4 is 47.2 Å². The lowest BCUT2D eigenvalue weighted by atomic mass is 10.1. The quantitative estimate of drug-likeness (QED) is 0.169. The van der Waals surface area contributed by atoms with Crippen molar-refractivity contribution in [3.63, 3.8) is 0 Å². The van der Waals surface area contributed by atoms with Crippen molar-refractivity contribution in [1.29, 1.82) is 0 Å². The summed E-state index contributed by atoms with van der Waals surface area (Å²) >= 11 is 6.07. The van der Waals surface area contributed by atoms with Crippen LogP contribution in [0, 0.1) is 10.1 Å². The van der Waals surface area contributed by atoms with Crippen LogP contribution < -0.4 is 10.1 Å². The molecule has 4 amide bonds. The van der Waals surface area contributed by atoms with Crippen molar-refractivity contribution in [2.45, 2.75) is 6.54 Å². The molecule has 38 heavy (non-hydrogen) atoms. The van der Waals surface area contributed by atoms with Crippen LogP contribution in [-0.2, 0) is 25.6 Å². The van der Waals surface area contributed by atoms with E-state index in [0.717, 1.165) is 17.0 Å². The number of ether oxygens (including phenoxy) is 3. The molecule has 14 nitrogen and oxygen atoms in total. The number of methoxy groups -OCH3 is 1. The number of nitrogens with one attached hydrogen (secondary N) is 1. The number of carbonyl (C=O) groups excluding carboxylic acids is 4. The van der Waals surface area contributed by atoms with E-state index in [0.29, 0.717) is 26.3 Å². The number of nitrogens with zero attached hydrogens (tertiary/aromatic N) is 3. The van der Waals surface area contributed by atoms with E-state index >= 15 is 0 Å². The molecule has 15 heteroatoms. The maximum Gasteiger partial charge on any atom is 0.373 e. The number of morpholine rings is 1. The fraction of sp³-hybridized carbons (Fsp3) is 0.304. The van der Waals surface area contributed by atoms with Gasteiger partial charge in [0, 0.05) is 29.7 Å². The zero-order valence-electron chi connectivity index (χ0n) is 19.9. The Morgan fingerprint density at radius 1 is 1.24 bits per heavy atom. The summed E-state index contributed by atoms with van der Waals surface area (Å²) in [7, 11) is 1.18.